The minimum absolute atomic E-state index is 0.554. The van der Waals surface area contributed by atoms with Crippen LogP contribution < -0.4 is 0 Å². The molecule has 0 heterocycles. The fourth-order valence-electron chi connectivity index (χ4n) is 7.82. The minimum atomic E-state index is -0.836. The molecule has 0 spiro atoms. The van der Waals surface area contributed by atoms with Crippen molar-refractivity contribution >= 4 is 5.97 Å². The number of carboxylic acids is 1. The summed E-state index contributed by atoms with van der Waals surface area (Å²) in [6.45, 7) is 0. The van der Waals surface area contributed by atoms with E-state index < -0.39 is 11.4 Å². The van der Waals surface area contributed by atoms with Gasteiger partial charge in [0.1, 0.15) is 5.41 Å². The Morgan fingerprint density at radius 1 is 0.463 bits per heavy atom. The molecule has 0 aromatic carbocycles. The van der Waals surface area contributed by atoms with E-state index in [0.717, 1.165) is 57.8 Å². The van der Waals surface area contributed by atoms with Gasteiger partial charge in [0.05, 0.1) is 0 Å². The van der Waals surface area contributed by atoms with E-state index in [0.29, 0.717) is 0 Å². The predicted molar refractivity (Wildman–Crippen MR) is 177 cm³/mol. The van der Waals surface area contributed by atoms with Crippen LogP contribution in [-0.2, 0) is 4.79 Å². The SMILES string of the molecule is O=C(O)C(C/C1=C/CCCCCCCCCC1)(/C1=C/CCCCCCCCCC1)/C1=C/CCCCCCCCCC1. The van der Waals surface area contributed by atoms with Gasteiger partial charge < -0.3 is 5.11 Å². The zero-order valence-electron chi connectivity index (χ0n) is 27.0. The van der Waals surface area contributed by atoms with E-state index in [1.807, 2.05) is 0 Å². The maximum atomic E-state index is 13.9. The fourth-order valence-corrected chi connectivity index (χ4v) is 7.82. The van der Waals surface area contributed by atoms with Crippen LogP contribution in [0.3, 0.4) is 0 Å². The van der Waals surface area contributed by atoms with Gasteiger partial charge >= 0.3 is 5.97 Å². The largest absolute Gasteiger partial charge is 0.480 e. The van der Waals surface area contributed by atoms with Gasteiger partial charge in [-0.2, -0.15) is 0 Å². The highest BCUT2D eigenvalue weighted by Gasteiger charge is 2.45. The normalized spacial score (nSPS) is 27.2. The number of carboxylic acid groups (broad SMARTS) is 1. The number of carbonyl (C=O) groups is 1. The van der Waals surface area contributed by atoms with Crippen LogP contribution in [0.2, 0.25) is 0 Å². The van der Waals surface area contributed by atoms with Gasteiger partial charge in [0.2, 0.25) is 0 Å². The average Bonchev–Trinajstić information content (AvgIpc) is 2.94. The molecular formula is C39H66O2. The molecule has 0 amide bonds. The predicted octanol–water partition coefficient (Wildman–Crippen LogP) is 13.0. The zero-order chi connectivity index (χ0) is 28.9. The van der Waals surface area contributed by atoms with Crippen LogP contribution >= 0.6 is 0 Å². The molecule has 0 radical (unpaired) electrons. The Balaban J connectivity index is 2.01. The van der Waals surface area contributed by atoms with Gasteiger partial charge in [0.15, 0.2) is 0 Å². The van der Waals surface area contributed by atoms with Gasteiger partial charge in [-0.1, -0.05) is 151 Å². The molecule has 234 valence electrons. The van der Waals surface area contributed by atoms with Crippen LogP contribution in [0.15, 0.2) is 34.9 Å². The molecule has 2 nitrogen and oxygen atoms in total. The highest BCUT2D eigenvalue weighted by Crippen LogP contribution is 2.48. The smallest absolute Gasteiger partial charge is 0.318 e. The van der Waals surface area contributed by atoms with Gasteiger partial charge in [0, 0.05) is 0 Å². The Labute approximate surface area is 254 Å². The first kappa shape index (κ1) is 34.2. The second kappa shape index (κ2) is 21.4. The van der Waals surface area contributed by atoms with Crippen molar-refractivity contribution < 1.29 is 9.90 Å². The van der Waals surface area contributed by atoms with Crippen LogP contribution in [0.25, 0.3) is 0 Å². The van der Waals surface area contributed by atoms with Crippen molar-refractivity contribution in [2.75, 3.05) is 0 Å². The molecule has 2 heteroatoms. The van der Waals surface area contributed by atoms with Gasteiger partial charge in [-0.3, -0.25) is 4.79 Å². The van der Waals surface area contributed by atoms with Crippen LogP contribution in [0, 0.1) is 5.41 Å². The van der Waals surface area contributed by atoms with E-state index in [1.165, 1.54) is 158 Å². The Hall–Kier alpha value is -1.31. The number of hydrogen-bond donors (Lipinski definition) is 1. The molecule has 41 heavy (non-hydrogen) atoms. The van der Waals surface area contributed by atoms with E-state index in [-0.39, 0.29) is 0 Å². The van der Waals surface area contributed by atoms with Gasteiger partial charge in [-0.15, -0.1) is 0 Å². The van der Waals surface area contributed by atoms with E-state index >= 15 is 0 Å². The fraction of sp³-hybridized carbons (Fsp3) is 0.821. The lowest BCUT2D eigenvalue weighted by Gasteiger charge is -2.37. The minimum Gasteiger partial charge on any atom is -0.480 e. The summed E-state index contributed by atoms with van der Waals surface area (Å²) >= 11 is 0. The molecule has 0 fully saturated rings. The molecule has 0 saturated carbocycles. The maximum absolute atomic E-state index is 13.9. The summed E-state index contributed by atoms with van der Waals surface area (Å²) in [6, 6.07) is 0. The van der Waals surface area contributed by atoms with Gasteiger partial charge in [-0.05, 0) is 83.5 Å². The summed E-state index contributed by atoms with van der Waals surface area (Å²) in [7, 11) is 0. The number of rotatable bonds is 5. The Kier molecular flexibility index (Phi) is 17.8. The first-order valence-corrected chi connectivity index (χ1v) is 18.5. The molecule has 0 saturated heterocycles. The van der Waals surface area contributed by atoms with Crippen molar-refractivity contribution in [1.82, 2.24) is 0 Å². The van der Waals surface area contributed by atoms with Crippen molar-refractivity contribution in [3.63, 3.8) is 0 Å². The van der Waals surface area contributed by atoms with E-state index in [4.69, 9.17) is 0 Å². The molecule has 0 aliphatic heterocycles. The summed E-state index contributed by atoms with van der Waals surface area (Å²) in [4.78, 5) is 13.9. The summed E-state index contributed by atoms with van der Waals surface area (Å²) in [6.07, 6.45) is 45.5. The third-order valence-corrected chi connectivity index (χ3v) is 10.4. The van der Waals surface area contributed by atoms with Crippen molar-refractivity contribution in [2.45, 2.75) is 199 Å². The topological polar surface area (TPSA) is 37.3 Å². The molecule has 0 aromatic heterocycles. The molecular weight excluding hydrogens is 500 g/mol. The zero-order valence-corrected chi connectivity index (χ0v) is 27.0. The van der Waals surface area contributed by atoms with Gasteiger partial charge in [-0.25, -0.2) is 0 Å². The highest BCUT2D eigenvalue weighted by molar-refractivity contribution is 5.83. The lowest BCUT2D eigenvalue weighted by Crippen LogP contribution is -2.36. The van der Waals surface area contributed by atoms with Crippen LogP contribution in [0.4, 0.5) is 0 Å². The third-order valence-electron chi connectivity index (χ3n) is 10.4. The average molecular weight is 567 g/mol. The molecule has 0 aromatic rings. The first-order valence-electron chi connectivity index (χ1n) is 18.5. The van der Waals surface area contributed by atoms with E-state index in [1.54, 1.807) is 0 Å². The molecule has 1 N–H and O–H groups in total. The second-order valence-corrected chi connectivity index (χ2v) is 13.8. The Morgan fingerprint density at radius 3 is 1.17 bits per heavy atom. The Morgan fingerprint density at radius 2 is 0.780 bits per heavy atom. The van der Waals surface area contributed by atoms with Crippen LogP contribution in [0.5, 0.6) is 0 Å². The standard InChI is InChI=1S/C39H66O2/c40-38(41)39(36-30-24-18-12-6-2-7-13-19-25-31-36,37-32-26-20-14-8-3-9-15-21-27-33-37)34-35-28-22-16-10-4-1-5-11-17-23-29-35/h28,30,32H,1-27,29,31,33-34H2,(H,40,41)/b35-28+,36-30+,37-32+. The van der Waals surface area contributed by atoms with Gasteiger partial charge in [0.25, 0.3) is 0 Å². The number of aliphatic carboxylic acids is 1. The summed E-state index contributed by atoms with van der Waals surface area (Å²) in [5.41, 5.74) is 3.16. The third kappa shape index (κ3) is 12.8. The molecule has 3 rings (SSSR count). The number of allylic oxidation sites excluding steroid dienone is 4. The second-order valence-electron chi connectivity index (χ2n) is 13.8. The van der Waals surface area contributed by atoms with Crippen molar-refractivity contribution in [3.05, 3.63) is 34.9 Å². The molecule has 0 bridgehead atoms. The molecule has 0 atom stereocenters. The first-order chi connectivity index (χ1) is 20.2. The summed E-state index contributed by atoms with van der Waals surface area (Å²) < 4.78 is 0. The maximum Gasteiger partial charge on any atom is 0.318 e. The van der Waals surface area contributed by atoms with Crippen LogP contribution in [-0.4, -0.2) is 11.1 Å². The lowest BCUT2D eigenvalue weighted by molar-refractivity contribution is -0.144. The lowest BCUT2D eigenvalue weighted by atomic mass is 9.65. The monoisotopic (exact) mass is 567 g/mol. The Bertz CT molecular complexity index is 762. The van der Waals surface area contributed by atoms with E-state index in [9.17, 15) is 9.90 Å². The van der Waals surface area contributed by atoms with Crippen molar-refractivity contribution in [3.8, 4) is 0 Å². The highest BCUT2D eigenvalue weighted by atomic mass is 16.4. The molecule has 3 aliphatic rings. The number of hydrogen-bond acceptors (Lipinski definition) is 1. The molecule has 0 unspecified atom stereocenters. The van der Waals surface area contributed by atoms with E-state index in [2.05, 4.69) is 18.2 Å². The summed E-state index contributed by atoms with van der Waals surface area (Å²) in [5.74, 6) is -0.554. The van der Waals surface area contributed by atoms with Crippen molar-refractivity contribution in [2.24, 2.45) is 5.41 Å². The summed E-state index contributed by atoms with van der Waals surface area (Å²) in [5, 5.41) is 11.4. The molecule has 3 aliphatic carbocycles. The quantitative estimate of drug-likeness (QED) is 0.336. The van der Waals surface area contributed by atoms with Crippen molar-refractivity contribution in [1.29, 1.82) is 0 Å². The van der Waals surface area contributed by atoms with Crippen LogP contribution in [0.1, 0.15) is 199 Å².